The van der Waals surface area contributed by atoms with Crippen molar-refractivity contribution in [1.29, 1.82) is 5.41 Å². The van der Waals surface area contributed by atoms with Gasteiger partial charge < -0.3 is 55.5 Å². The molecule has 6 rings (SSSR count). The molecule has 5 amide bonds. The van der Waals surface area contributed by atoms with Gasteiger partial charge in [0, 0.05) is 111 Å². The molecule has 0 radical (unpaired) electrons. The van der Waals surface area contributed by atoms with Crippen molar-refractivity contribution in [1.82, 2.24) is 23.6 Å². The number of aryl methyl sites for hydroxylation is 4. The third-order valence-electron chi connectivity index (χ3n) is 9.90. The summed E-state index contributed by atoms with van der Waals surface area (Å²) in [5.74, 6) is -1.99. The second kappa shape index (κ2) is 20.5. The summed E-state index contributed by atoms with van der Waals surface area (Å²) >= 11 is 6.99. The van der Waals surface area contributed by atoms with E-state index in [1.165, 1.54) is 12.1 Å². The highest BCUT2D eigenvalue weighted by Crippen LogP contribution is 2.26. The van der Waals surface area contributed by atoms with Crippen molar-refractivity contribution < 1.29 is 24.0 Å². The van der Waals surface area contributed by atoms with Crippen molar-refractivity contribution in [3.8, 4) is 0 Å². The summed E-state index contributed by atoms with van der Waals surface area (Å²) in [5.41, 5.74) is 10.6. The highest BCUT2D eigenvalue weighted by atomic mass is 79.9. The predicted octanol–water partition coefficient (Wildman–Crippen LogP) is 6.28. The number of fused-ring (bicyclic) bond motifs is 1. The summed E-state index contributed by atoms with van der Waals surface area (Å²) in [4.78, 5) is 68.1. The van der Waals surface area contributed by atoms with Crippen molar-refractivity contribution >= 4 is 119 Å². The molecule has 17 nitrogen and oxygen atoms in total. The minimum absolute atomic E-state index is 0. The number of alkyl halides is 2. The molecule has 2 aromatic carbocycles. The predicted molar refractivity (Wildman–Crippen MR) is 253 cm³/mol. The molecular weight excluding hydrogens is 948 g/mol. The number of hydrogen-bond donors (Lipinski definition) is 7. The van der Waals surface area contributed by atoms with Gasteiger partial charge in [0.15, 0.2) is 0 Å². The van der Waals surface area contributed by atoms with Gasteiger partial charge in [0.05, 0.1) is 22.9 Å². The molecule has 4 aromatic heterocycles. The molecule has 20 heteroatoms. The number of amidine groups is 1. The van der Waals surface area contributed by atoms with Crippen molar-refractivity contribution in [2.75, 3.05) is 56.5 Å². The Morgan fingerprint density at radius 2 is 1.08 bits per heavy atom. The SMILES string of the molecule is Cl.Cn1cc(NC(=O)c2cc(NC(=O)c3cc(NC(=O)c4cc5cc(NC(=O)c6ccc(N(CCBr)CCBr)cc6)ccc5n4C)cn3C)cn2C)cc1C(=O)NCCC(=N)N. The second-order valence-electron chi connectivity index (χ2n) is 14.3. The van der Waals surface area contributed by atoms with Gasteiger partial charge in [0.1, 0.15) is 22.8 Å². The number of halogens is 3. The van der Waals surface area contributed by atoms with Gasteiger partial charge in [-0.2, -0.15) is 0 Å². The number of anilines is 5. The van der Waals surface area contributed by atoms with Gasteiger partial charge in [0.2, 0.25) is 0 Å². The molecule has 326 valence electrons. The Hall–Kier alpha value is -6.31. The van der Waals surface area contributed by atoms with Crippen LogP contribution in [0.1, 0.15) is 58.7 Å². The van der Waals surface area contributed by atoms with Crippen LogP contribution in [0.25, 0.3) is 10.9 Å². The maximum Gasteiger partial charge on any atom is 0.272 e. The first-order chi connectivity index (χ1) is 29.1. The maximum atomic E-state index is 13.6. The number of benzene rings is 2. The first-order valence-electron chi connectivity index (χ1n) is 19.1. The number of carbonyl (C=O) groups excluding carboxylic acids is 5. The van der Waals surface area contributed by atoms with Crippen LogP contribution in [0, 0.1) is 5.41 Å². The van der Waals surface area contributed by atoms with Crippen LogP contribution in [0.15, 0.2) is 85.3 Å². The fourth-order valence-electron chi connectivity index (χ4n) is 6.81. The number of amides is 5. The highest BCUT2D eigenvalue weighted by Gasteiger charge is 2.21. The van der Waals surface area contributed by atoms with Gasteiger partial charge in [-0.3, -0.25) is 29.4 Å². The lowest BCUT2D eigenvalue weighted by atomic mass is 10.1. The molecule has 0 aliphatic rings. The molecule has 0 spiro atoms. The number of nitrogens with one attached hydrogen (secondary N) is 6. The third kappa shape index (κ3) is 10.9. The van der Waals surface area contributed by atoms with Gasteiger partial charge >= 0.3 is 0 Å². The van der Waals surface area contributed by atoms with Crippen LogP contribution in [-0.4, -0.2) is 83.9 Å². The van der Waals surface area contributed by atoms with E-state index >= 15 is 0 Å². The molecule has 8 N–H and O–H groups in total. The van der Waals surface area contributed by atoms with Crippen molar-refractivity contribution in [3.05, 3.63) is 114 Å². The zero-order valence-electron chi connectivity index (χ0n) is 34.3. The highest BCUT2D eigenvalue weighted by molar-refractivity contribution is 9.09. The third-order valence-corrected chi connectivity index (χ3v) is 10.6. The molecule has 0 aliphatic heterocycles. The van der Waals surface area contributed by atoms with Gasteiger partial charge in [-0.05, 0) is 66.7 Å². The lowest BCUT2D eigenvalue weighted by molar-refractivity contribution is 0.0943. The molecule has 6 aromatic rings. The van der Waals surface area contributed by atoms with Crippen LogP contribution in [0.3, 0.4) is 0 Å². The fourth-order valence-corrected chi connectivity index (χ4v) is 7.66. The maximum absolute atomic E-state index is 13.6. The van der Waals surface area contributed by atoms with Crippen molar-refractivity contribution in [2.24, 2.45) is 33.9 Å². The van der Waals surface area contributed by atoms with E-state index in [0.29, 0.717) is 39.7 Å². The average Bonchev–Trinajstić information content (AvgIpc) is 3.97. The molecule has 62 heavy (non-hydrogen) atoms. The Labute approximate surface area is 380 Å². The zero-order chi connectivity index (χ0) is 44.0. The van der Waals surface area contributed by atoms with Crippen LogP contribution in [0.4, 0.5) is 28.4 Å². The van der Waals surface area contributed by atoms with Crippen LogP contribution in [0.5, 0.6) is 0 Å². The van der Waals surface area contributed by atoms with E-state index in [1.54, 1.807) is 95.4 Å². The Bertz CT molecular complexity index is 2640. The zero-order valence-corrected chi connectivity index (χ0v) is 38.3. The summed E-state index contributed by atoms with van der Waals surface area (Å²) < 4.78 is 6.47. The summed E-state index contributed by atoms with van der Waals surface area (Å²) in [7, 11) is 6.79. The number of carbonyl (C=O) groups is 5. The van der Waals surface area contributed by atoms with E-state index in [9.17, 15) is 24.0 Å². The molecule has 0 unspecified atom stereocenters. The summed E-state index contributed by atoms with van der Waals surface area (Å²) in [6, 6.07) is 19.3. The monoisotopic (exact) mass is 992 g/mol. The number of rotatable bonds is 17. The molecule has 0 saturated heterocycles. The van der Waals surface area contributed by atoms with Gasteiger partial charge in [0.25, 0.3) is 29.5 Å². The minimum Gasteiger partial charge on any atom is -0.388 e. The lowest BCUT2D eigenvalue weighted by Gasteiger charge is -2.23. The quantitative estimate of drug-likeness (QED) is 0.0315. The number of nitrogens with zero attached hydrogens (tertiary/aromatic N) is 5. The normalized spacial score (nSPS) is 10.8. The minimum atomic E-state index is -0.467. The summed E-state index contributed by atoms with van der Waals surface area (Å²) in [6.07, 6.45) is 5.04. The molecular formula is C42H47Br2ClN12O5. The first kappa shape index (κ1) is 46.8. The van der Waals surface area contributed by atoms with Crippen molar-refractivity contribution in [2.45, 2.75) is 6.42 Å². The largest absolute Gasteiger partial charge is 0.388 e. The molecule has 0 saturated carbocycles. The van der Waals surface area contributed by atoms with E-state index in [0.717, 1.165) is 40.3 Å². The van der Waals surface area contributed by atoms with E-state index in [4.69, 9.17) is 11.1 Å². The Morgan fingerprint density at radius 1 is 0.613 bits per heavy atom. The Kier molecular flexibility index (Phi) is 15.5. The standard InChI is InChI=1S/C42H46Br2N12O5.ClH/c1-52-22-28(19-33(52)39(58)47-14-11-37(45)46)49-40(59)34-20-29(23-53(34)2)50-41(60)35-21-30(24-54(35)3)51-42(61)36-18-26-17-27(7-10-32(26)55(36)4)48-38(57)25-5-8-31(9-6-25)56(15-12-43)16-13-44;/h5-10,17-24H,11-16H2,1-4H3,(H3,45,46)(H,47,58)(H,48,57)(H,49,59)(H,50,60)(H,51,61);1H. The fraction of sp³-hybridized carbons (Fsp3) is 0.238. The first-order valence-corrected chi connectivity index (χ1v) is 21.3. The smallest absolute Gasteiger partial charge is 0.272 e. The topological polar surface area (TPSA) is 218 Å². The van der Waals surface area contributed by atoms with Crippen molar-refractivity contribution in [3.63, 3.8) is 0 Å². The number of nitrogens with two attached hydrogens (primary N) is 1. The second-order valence-corrected chi connectivity index (χ2v) is 15.9. The van der Waals surface area contributed by atoms with E-state index < -0.39 is 17.7 Å². The molecule has 4 heterocycles. The molecule has 0 aliphatic carbocycles. The van der Waals surface area contributed by atoms with E-state index in [2.05, 4.69) is 63.3 Å². The van der Waals surface area contributed by atoms with Crippen LogP contribution in [-0.2, 0) is 28.2 Å². The molecule has 0 bridgehead atoms. The lowest BCUT2D eigenvalue weighted by Crippen LogP contribution is -2.28. The van der Waals surface area contributed by atoms with Gasteiger partial charge in [-0.1, -0.05) is 31.9 Å². The van der Waals surface area contributed by atoms with E-state index in [1.807, 2.05) is 24.3 Å². The van der Waals surface area contributed by atoms with Gasteiger partial charge in [-0.15, -0.1) is 12.4 Å². The van der Waals surface area contributed by atoms with Crippen LogP contribution < -0.4 is 37.2 Å². The molecule has 0 fully saturated rings. The summed E-state index contributed by atoms with van der Waals surface area (Å²) in [5, 5.41) is 23.8. The van der Waals surface area contributed by atoms with E-state index in [-0.39, 0.29) is 54.4 Å². The summed E-state index contributed by atoms with van der Waals surface area (Å²) in [6.45, 7) is 1.89. The Morgan fingerprint density at radius 3 is 1.56 bits per heavy atom. The average molecular weight is 995 g/mol. The number of hydrogen-bond acceptors (Lipinski definition) is 7. The van der Waals surface area contributed by atoms with Gasteiger partial charge in [-0.25, -0.2) is 0 Å². The Balaban J connectivity index is 0.00000726. The molecule has 0 atom stereocenters. The van der Waals surface area contributed by atoms with Crippen LogP contribution in [0.2, 0.25) is 0 Å². The van der Waals surface area contributed by atoms with Crippen LogP contribution >= 0.6 is 44.3 Å². The number of aromatic nitrogens is 4.